The summed E-state index contributed by atoms with van der Waals surface area (Å²) in [6, 6.07) is 17.4. The lowest BCUT2D eigenvalue weighted by atomic mass is 9.74. The molecular weight excluding hydrogens is 388 g/mol. The number of hydrogen-bond donors (Lipinski definition) is 1. The van der Waals surface area contributed by atoms with Crippen LogP contribution in [-0.2, 0) is 19.7 Å². The van der Waals surface area contributed by atoms with Crippen LogP contribution in [0.4, 0.5) is 5.69 Å². The van der Waals surface area contributed by atoms with E-state index in [9.17, 15) is 9.59 Å². The standard InChI is InChI=1S/C23H25ClN2O3/c24-18-6-8-19(9-7-18)26-13-10-20(22(26)28)21(27)25-16-23(11-14-29-15-12-23)17-4-2-1-3-5-17/h1-9,20H,10-16H2,(H,25,27). The fourth-order valence-corrected chi connectivity index (χ4v) is 4.43. The van der Waals surface area contributed by atoms with Crippen LogP contribution in [0.25, 0.3) is 0 Å². The normalized spacial score (nSPS) is 21.2. The van der Waals surface area contributed by atoms with Gasteiger partial charge >= 0.3 is 0 Å². The molecule has 0 bridgehead atoms. The molecule has 2 fully saturated rings. The Balaban J connectivity index is 1.43. The zero-order valence-electron chi connectivity index (χ0n) is 16.3. The van der Waals surface area contributed by atoms with Crippen molar-refractivity contribution in [2.45, 2.75) is 24.7 Å². The van der Waals surface area contributed by atoms with Gasteiger partial charge in [-0.1, -0.05) is 41.9 Å². The SMILES string of the molecule is O=C(NCC1(c2ccccc2)CCOCC1)C1CCN(c2ccc(Cl)cc2)C1=O. The average molecular weight is 413 g/mol. The maximum atomic E-state index is 12.9. The molecule has 2 heterocycles. The van der Waals surface area contributed by atoms with E-state index in [0.717, 1.165) is 18.5 Å². The van der Waals surface area contributed by atoms with Crippen LogP contribution >= 0.6 is 11.6 Å². The second-order valence-corrected chi connectivity index (χ2v) is 8.22. The molecule has 0 saturated carbocycles. The van der Waals surface area contributed by atoms with Crippen molar-refractivity contribution >= 4 is 29.1 Å². The number of amides is 2. The molecule has 1 unspecified atom stereocenters. The van der Waals surface area contributed by atoms with Gasteiger partial charge in [-0.25, -0.2) is 0 Å². The lowest BCUT2D eigenvalue weighted by Gasteiger charge is -2.38. The second-order valence-electron chi connectivity index (χ2n) is 7.78. The number of anilines is 1. The summed E-state index contributed by atoms with van der Waals surface area (Å²) in [5.41, 5.74) is 1.84. The summed E-state index contributed by atoms with van der Waals surface area (Å²) in [5.74, 6) is -0.975. The predicted octanol–water partition coefficient (Wildman–Crippen LogP) is 3.56. The highest BCUT2D eigenvalue weighted by Gasteiger charge is 2.40. The van der Waals surface area contributed by atoms with E-state index in [1.165, 1.54) is 5.56 Å². The Hall–Kier alpha value is -2.37. The number of rotatable bonds is 5. The van der Waals surface area contributed by atoms with E-state index in [1.807, 2.05) is 30.3 Å². The summed E-state index contributed by atoms with van der Waals surface area (Å²) >= 11 is 5.94. The van der Waals surface area contributed by atoms with Crippen LogP contribution in [0.2, 0.25) is 5.02 Å². The Morgan fingerprint density at radius 3 is 2.48 bits per heavy atom. The van der Waals surface area contributed by atoms with E-state index in [1.54, 1.807) is 17.0 Å². The van der Waals surface area contributed by atoms with Gasteiger partial charge in [0.25, 0.3) is 0 Å². The molecule has 6 heteroatoms. The van der Waals surface area contributed by atoms with E-state index in [4.69, 9.17) is 16.3 Å². The molecule has 1 atom stereocenters. The topological polar surface area (TPSA) is 58.6 Å². The third kappa shape index (κ3) is 4.16. The summed E-state index contributed by atoms with van der Waals surface area (Å²) in [6.45, 7) is 2.41. The smallest absolute Gasteiger partial charge is 0.239 e. The van der Waals surface area contributed by atoms with E-state index in [2.05, 4.69) is 17.4 Å². The first-order chi connectivity index (χ1) is 14.1. The fourth-order valence-electron chi connectivity index (χ4n) is 4.30. The Kier molecular flexibility index (Phi) is 5.88. The summed E-state index contributed by atoms with van der Waals surface area (Å²) < 4.78 is 5.56. The lowest BCUT2D eigenvalue weighted by molar-refractivity contribution is -0.132. The minimum Gasteiger partial charge on any atom is -0.381 e. The van der Waals surface area contributed by atoms with Gasteiger partial charge < -0.3 is 15.0 Å². The molecule has 5 nitrogen and oxygen atoms in total. The van der Waals surface area contributed by atoms with E-state index >= 15 is 0 Å². The van der Waals surface area contributed by atoms with Gasteiger partial charge in [-0.2, -0.15) is 0 Å². The maximum Gasteiger partial charge on any atom is 0.239 e. The summed E-state index contributed by atoms with van der Waals surface area (Å²) in [4.78, 5) is 27.4. The molecule has 2 saturated heterocycles. The first kappa shape index (κ1) is 19.9. The summed E-state index contributed by atoms with van der Waals surface area (Å²) in [7, 11) is 0. The van der Waals surface area contributed by atoms with Crippen LogP contribution in [0.5, 0.6) is 0 Å². The maximum absolute atomic E-state index is 12.9. The van der Waals surface area contributed by atoms with Crippen molar-refractivity contribution in [1.29, 1.82) is 0 Å². The molecule has 2 aromatic rings. The van der Waals surface area contributed by atoms with Crippen molar-refractivity contribution in [2.75, 3.05) is 31.2 Å². The average Bonchev–Trinajstić information content (AvgIpc) is 3.15. The number of ether oxygens (including phenoxy) is 1. The van der Waals surface area contributed by atoms with Gasteiger partial charge in [0.1, 0.15) is 5.92 Å². The van der Waals surface area contributed by atoms with E-state index < -0.39 is 5.92 Å². The van der Waals surface area contributed by atoms with Gasteiger partial charge in [-0.05, 0) is 49.1 Å². The molecule has 2 aliphatic heterocycles. The van der Waals surface area contributed by atoms with Crippen LogP contribution in [0, 0.1) is 5.92 Å². The number of carbonyl (C=O) groups excluding carboxylic acids is 2. The molecule has 0 aliphatic carbocycles. The van der Waals surface area contributed by atoms with Crippen molar-refractivity contribution in [2.24, 2.45) is 5.92 Å². The Morgan fingerprint density at radius 1 is 1.10 bits per heavy atom. The third-order valence-corrected chi connectivity index (χ3v) is 6.35. The van der Waals surface area contributed by atoms with Crippen molar-refractivity contribution in [3.63, 3.8) is 0 Å². The minimum atomic E-state index is -0.640. The molecule has 29 heavy (non-hydrogen) atoms. The zero-order valence-corrected chi connectivity index (χ0v) is 17.0. The van der Waals surface area contributed by atoms with Crippen LogP contribution in [0.1, 0.15) is 24.8 Å². The number of nitrogens with one attached hydrogen (secondary N) is 1. The van der Waals surface area contributed by atoms with E-state index in [0.29, 0.717) is 37.7 Å². The van der Waals surface area contributed by atoms with Gasteiger partial charge in [0.15, 0.2) is 0 Å². The Labute approximate surface area is 176 Å². The molecule has 2 amide bonds. The van der Waals surface area contributed by atoms with Crippen LogP contribution in [-0.4, -0.2) is 38.1 Å². The van der Waals surface area contributed by atoms with E-state index in [-0.39, 0.29) is 17.2 Å². The highest BCUT2D eigenvalue weighted by Crippen LogP contribution is 2.34. The fraction of sp³-hybridized carbons (Fsp3) is 0.391. The second kappa shape index (κ2) is 8.56. The first-order valence-electron chi connectivity index (χ1n) is 10.1. The molecule has 0 radical (unpaired) electrons. The van der Waals surface area contributed by atoms with Gasteiger partial charge in [0.2, 0.25) is 11.8 Å². The van der Waals surface area contributed by atoms with Gasteiger partial charge in [-0.15, -0.1) is 0 Å². The van der Waals surface area contributed by atoms with Crippen molar-refractivity contribution in [3.8, 4) is 0 Å². The number of benzene rings is 2. The van der Waals surface area contributed by atoms with Gasteiger partial charge in [0.05, 0.1) is 0 Å². The number of nitrogens with zero attached hydrogens (tertiary/aromatic N) is 1. The van der Waals surface area contributed by atoms with Crippen molar-refractivity contribution in [3.05, 3.63) is 65.2 Å². The predicted molar refractivity (Wildman–Crippen MR) is 113 cm³/mol. The molecular formula is C23H25ClN2O3. The molecule has 1 N–H and O–H groups in total. The largest absolute Gasteiger partial charge is 0.381 e. The number of hydrogen-bond acceptors (Lipinski definition) is 3. The minimum absolute atomic E-state index is 0.146. The number of carbonyl (C=O) groups is 2. The third-order valence-electron chi connectivity index (χ3n) is 6.10. The lowest BCUT2D eigenvalue weighted by Crippen LogP contribution is -2.47. The van der Waals surface area contributed by atoms with Crippen LogP contribution in [0.3, 0.4) is 0 Å². The Morgan fingerprint density at radius 2 is 1.79 bits per heavy atom. The molecule has 4 rings (SSSR count). The highest BCUT2D eigenvalue weighted by molar-refractivity contribution is 6.30. The molecule has 0 spiro atoms. The van der Waals surface area contributed by atoms with Crippen molar-refractivity contribution in [1.82, 2.24) is 5.32 Å². The Bertz CT molecular complexity index is 863. The molecule has 2 aliphatic rings. The quantitative estimate of drug-likeness (QED) is 0.764. The highest BCUT2D eigenvalue weighted by atomic mass is 35.5. The first-order valence-corrected chi connectivity index (χ1v) is 10.4. The molecule has 0 aromatic heterocycles. The van der Waals surface area contributed by atoms with Gasteiger partial charge in [0, 0.05) is 42.4 Å². The molecule has 152 valence electrons. The number of halogens is 1. The molecule has 2 aromatic carbocycles. The van der Waals surface area contributed by atoms with Crippen molar-refractivity contribution < 1.29 is 14.3 Å². The van der Waals surface area contributed by atoms with Gasteiger partial charge in [-0.3, -0.25) is 9.59 Å². The summed E-state index contributed by atoms with van der Waals surface area (Å²) in [5, 5.41) is 3.70. The monoisotopic (exact) mass is 412 g/mol. The zero-order chi connectivity index (χ0) is 20.3. The summed E-state index contributed by atoms with van der Waals surface area (Å²) in [6.07, 6.45) is 2.23. The van der Waals surface area contributed by atoms with Crippen LogP contribution < -0.4 is 10.2 Å². The van der Waals surface area contributed by atoms with Crippen LogP contribution in [0.15, 0.2) is 54.6 Å².